The largest absolute Gasteiger partial charge is 0.369 e. The lowest BCUT2D eigenvalue weighted by Crippen LogP contribution is -2.47. The number of benzene rings is 1. The molecule has 5 rings (SSSR count). The molecular formula is C27H32FN9O2. The van der Waals surface area contributed by atoms with Gasteiger partial charge < -0.3 is 10.2 Å². The van der Waals surface area contributed by atoms with Gasteiger partial charge in [-0.1, -0.05) is 6.08 Å². The molecule has 0 bridgehead atoms. The molecule has 204 valence electrons. The second kappa shape index (κ2) is 11.2. The number of nitrogens with zero attached hydrogens (tertiary/aromatic N) is 8. The van der Waals surface area contributed by atoms with E-state index in [-0.39, 0.29) is 30.4 Å². The van der Waals surface area contributed by atoms with Gasteiger partial charge in [-0.2, -0.15) is 4.98 Å². The van der Waals surface area contributed by atoms with Crippen molar-refractivity contribution >= 4 is 28.4 Å². The summed E-state index contributed by atoms with van der Waals surface area (Å²) in [6, 6.07) is 10.8. The maximum absolute atomic E-state index is 13.2. The maximum Gasteiger partial charge on any atom is 0.278 e. The van der Waals surface area contributed by atoms with Gasteiger partial charge in [0.1, 0.15) is 12.1 Å². The zero-order valence-corrected chi connectivity index (χ0v) is 22.1. The number of halogens is 1. The predicted octanol–water partition coefficient (Wildman–Crippen LogP) is 2.74. The molecule has 0 spiro atoms. The number of alkyl halides is 1. The number of piperazine rings is 1. The molecule has 3 aromatic heterocycles. The third-order valence-electron chi connectivity index (χ3n) is 6.76. The summed E-state index contributed by atoms with van der Waals surface area (Å²) in [6.07, 6.45) is 3.11. The number of allylic oxidation sites excluding steroid dienone is 1. The maximum atomic E-state index is 13.2. The van der Waals surface area contributed by atoms with Crippen molar-refractivity contribution in [1.29, 1.82) is 0 Å². The monoisotopic (exact) mass is 533 g/mol. The highest BCUT2D eigenvalue weighted by Gasteiger charge is 2.20. The van der Waals surface area contributed by atoms with E-state index >= 15 is 0 Å². The van der Waals surface area contributed by atoms with Crippen molar-refractivity contribution in [3.63, 3.8) is 0 Å². The summed E-state index contributed by atoms with van der Waals surface area (Å²) in [5.74, 6) is 0.703. The fourth-order valence-electron chi connectivity index (χ4n) is 4.74. The average molecular weight is 534 g/mol. The van der Waals surface area contributed by atoms with Gasteiger partial charge in [-0.3, -0.25) is 14.5 Å². The first-order valence-electron chi connectivity index (χ1n) is 13.0. The SMILES string of the molecule is C=CCn1c(=O)c2cnc(Nc3ccc(N4CCN(CCF)CC4)cc3)nc2n1-c1ccc(=O)n(C(C)C)n1. The molecule has 1 aliphatic rings. The Kier molecular flexibility index (Phi) is 7.55. The van der Waals surface area contributed by atoms with Gasteiger partial charge in [-0.15, -0.1) is 11.7 Å². The number of fused-ring (bicyclic) bond motifs is 1. The summed E-state index contributed by atoms with van der Waals surface area (Å²) in [4.78, 5) is 38.9. The molecule has 1 aromatic carbocycles. The lowest BCUT2D eigenvalue weighted by atomic mass is 10.2. The van der Waals surface area contributed by atoms with Crippen molar-refractivity contribution in [2.75, 3.05) is 49.6 Å². The molecule has 1 saturated heterocycles. The Hall–Kier alpha value is -4.32. The zero-order chi connectivity index (χ0) is 27.5. The molecule has 0 aliphatic carbocycles. The molecule has 0 atom stereocenters. The normalized spacial score (nSPS) is 14.3. The van der Waals surface area contributed by atoms with Gasteiger partial charge in [-0.05, 0) is 44.2 Å². The Morgan fingerprint density at radius 2 is 1.82 bits per heavy atom. The molecule has 0 radical (unpaired) electrons. The van der Waals surface area contributed by atoms with Crippen LogP contribution in [0.1, 0.15) is 19.9 Å². The molecule has 1 N–H and O–H groups in total. The first kappa shape index (κ1) is 26.3. The van der Waals surface area contributed by atoms with Gasteiger partial charge in [0, 0.05) is 56.4 Å². The number of anilines is 3. The van der Waals surface area contributed by atoms with Crippen molar-refractivity contribution < 1.29 is 4.39 Å². The van der Waals surface area contributed by atoms with Gasteiger partial charge in [0.2, 0.25) is 5.95 Å². The van der Waals surface area contributed by atoms with Crippen LogP contribution in [-0.2, 0) is 6.54 Å². The van der Waals surface area contributed by atoms with E-state index in [0.717, 1.165) is 37.6 Å². The van der Waals surface area contributed by atoms with Crippen LogP contribution >= 0.6 is 0 Å². The van der Waals surface area contributed by atoms with E-state index in [4.69, 9.17) is 0 Å². The third-order valence-corrected chi connectivity index (χ3v) is 6.76. The minimum Gasteiger partial charge on any atom is -0.369 e. The Labute approximate surface area is 224 Å². The molecule has 4 heterocycles. The van der Waals surface area contributed by atoms with Crippen molar-refractivity contribution in [1.82, 2.24) is 34.0 Å². The molecule has 1 aliphatic heterocycles. The molecule has 0 saturated carbocycles. The summed E-state index contributed by atoms with van der Waals surface area (Å²) in [6.45, 7) is 11.3. The Bertz CT molecular complexity index is 1580. The standard InChI is InChI=1S/C27H32FN9O2/c1-4-12-35-26(39)22-18-29-27(31-25(22)37(35)23-9-10-24(38)36(32-23)19(2)3)30-20-5-7-21(8-6-20)34-16-14-33(13-11-28)15-17-34/h4-10,18-19H,1,11-17H2,2-3H3,(H,29,30,31). The molecule has 4 aromatic rings. The fraction of sp³-hybridized carbons (Fsp3) is 0.370. The van der Waals surface area contributed by atoms with Crippen LogP contribution in [-0.4, -0.2) is 73.4 Å². The third kappa shape index (κ3) is 5.32. The number of hydrogen-bond donors (Lipinski definition) is 1. The van der Waals surface area contributed by atoms with Crippen LogP contribution in [0, 0.1) is 0 Å². The Morgan fingerprint density at radius 3 is 2.49 bits per heavy atom. The van der Waals surface area contributed by atoms with E-state index in [1.165, 1.54) is 21.6 Å². The Balaban J connectivity index is 1.44. The van der Waals surface area contributed by atoms with Crippen LogP contribution in [0.15, 0.2) is 64.8 Å². The lowest BCUT2D eigenvalue weighted by Gasteiger charge is -2.35. The molecule has 39 heavy (non-hydrogen) atoms. The average Bonchev–Trinajstić information content (AvgIpc) is 3.21. The van der Waals surface area contributed by atoms with Gasteiger partial charge in [0.05, 0.1) is 12.6 Å². The van der Waals surface area contributed by atoms with Crippen LogP contribution in [0.25, 0.3) is 16.9 Å². The Morgan fingerprint density at radius 1 is 1.08 bits per heavy atom. The molecule has 0 amide bonds. The van der Waals surface area contributed by atoms with Crippen molar-refractivity contribution in [3.05, 3.63) is 76.0 Å². The number of nitrogens with one attached hydrogen (secondary N) is 1. The second-order valence-corrected chi connectivity index (χ2v) is 9.68. The van der Waals surface area contributed by atoms with Crippen LogP contribution in [0.5, 0.6) is 0 Å². The molecule has 12 heteroatoms. The summed E-state index contributed by atoms with van der Waals surface area (Å²) in [7, 11) is 0. The highest BCUT2D eigenvalue weighted by molar-refractivity contribution is 5.77. The molecule has 0 unspecified atom stereocenters. The highest BCUT2D eigenvalue weighted by Crippen LogP contribution is 2.22. The van der Waals surface area contributed by atoms with Gasteiger partial charge in [-0.25, -0.2) is 23.4 Å². The minimum atomic E-state index is -0.315. The smallest absolute Gasteiger partial charge is 0.278 e. The van der Waals surface area contributed by atoms with E-state index in [2.05, 4.69) is 36.8 Å². The minimum absolute atomic E-state index is 0.160. The summed E-state index contributed by atoms with van der Waals surface area (Å²) < 4.78 is 17.1. The van der Waals surface area contributed by atoms with Crippen molar-refractivity contribution in [3.8, 4) is 5.82 Å². The summed E-state index contributed by atoms with van der Waals surface area (Å²) in [5, 5.41) is 8.04. The number of aromatic nitrogens is 6. The lowest BCUT2D eigenvalue weighted by molar-refractivity contribution is 0.235. The van der Waals surface area contributed by atoms with Crippen LogP contribution in [0.4, 0.5) is 21.7 Å². The highest BCUT2D eigenvalue weighted by atomic mass is 19.1. The van der Waals surface area contributed by atoms with E-state index in [9.17, 15) is 14.0 Å². The quantitative estimate of drug-likeness (QED) is 0.328. The van der Waals surface area contributed by atoms with E-state index in [1.54, 1.807) is 16.8 Å². The summed E-state index contributed by atoms with van der Waals surface area (Å²) in [5.41, 5.74) is 1.74. The van der Waals surface area contributed by atoms with Crippen LogP contribution in [0.2, 0.25) is 0 Å². The molecule has 1 fully saturated rings. The van der Waals surface area contributed by atoms with Crippen molar-refractivity contribution in [2.24, 2.45) is 0 Å². The first-order valence-corrected chi connectivity index (χ1v) is 13.0. The van der Waals surface area contributed by atoms with Crippen LogP contribution < -0.4 is 21.3 Å². The predicted molar refractivity (Wildman–Crippen MR) is 150 cm³/mol. The van der Waals surface area contributed by atoms with Gasteiger partial charge in [0.25, 0.3) is 11.1 Å². The van der Waals surface area contributed by atoms with E-state index in [1.807, 2.05) is 38.1 Å². The van der Waals surface area contributed by atoms with Gasteiger partial charge in [0.15, 0.2) is 11.5 Å². The van der Waals surface area contributed by atoms with Gasteiger partial charge >= 0.3 is 0 Å². The first-order chi connectivity index (χ1) is 18.9. The van der Waals surface area contributed by atoms with Crippen molar-refractivity contribution in [2.45, 2.75) is 26.4 Å². The summed E-state index contributed by atoms with van der Waals surface area (Å²) >= 11 is 0. The number of hydrogen-bond acceptors (Lipinski definition) is 8. The molecule has 11 nitrogen and oxygen atoms in total. The number of rotatable bonds is 9. The zero-order valence-electron chi connectivity index (χ0n) is 22.1. The second-order valence-electron chi connectivity index (χ2n) is 9.68. The van der Waals surface area contributed by atoms with E-state index < -0.39 is 0 Å². The van der Waals surface area contributed by atoms with Crippen LogP contribution in [0.3, 0.4) is 0 Å². The fourth-order valence-corrected chi connectivity index (χ4v) is 4.74. The topological polar surface area (TPSA) is 106 Å². The van der Waals surface area contributed by atoms with E-state index in [0.29, 0.717) is 29.3 Å². The molecular weight excluding hydrogens is 501 g/mol.